The Morgan fingerprint density at radius 3 is 2.50 bits per heavy atom. The molecule has 0 aliphatic rings. The van der Waals surface area contributed by atoms with E-state index in [0.29, 0.717) is 5.56 Å². The van der Waals surface area contributed by atoms with Crippen molar-refractivity contribution in [2.24, 2.45) is 10.8 Å². The fraction of sp³-hybridized carbons (Fsp3) is 0.250. The lowest BCUT2D eigenvalue weighted by Gasteiger charge is -2.20. The topological polar surface area (TPSA) is 74.8 Å². The Balaban J connectivity index is 3.49. The molecule has 1 rings (SSSR count). The van der Waals surface area contributed by atoms with E-state index in [0.717, 1.165) is 6.07 Å². The second kappa shape index (κ2) is 4.46. The van der Waals surface area contributed by atoms with E-state index in [2.05, 4.69) is 10.0 Å². The first-order valence-electron chi connectivity index (χ1n) is 4.48. The van der Waals surface area contributed by atoms with Crippen molar-refractivity contribution >= 4 is 18.1 Å². The minimum Gasteiger partial charge on any atom is -0.445 e. The number of halogens is 3. The van der Waals surface area contributed by atoms with Crippen molar-refractivity contribution in [3.05, 3.63) is 33.7 Å². The summed E-state index contributed by atoms with van der Waals surface area (Å²) in [5.41, 5.74) is 13.0. The fourth-order valence-electron chi connectivity index (χ4n) is 1.39. The number of nitrogens with zero attached hydrogens (tertiary/aromatic N) is 3. The summed E-state index contributed by atoms with van der Waals surface area (Å²) in [6, 6.07) is 2.35. The third kappa shape index (κ3) is 2.47. The Morgan fingerprint density at radius 1 is 1.44 bits per heavy atom. The molecule has 0 radical (unpaired) electrons. The largest absolute Gasteiger partial charge is 0.509 e. The summed E-state index contributed by atoms with van der Waals surface area (Å²) in [4.78, 5) is 2.49. The zero-order valence-corrected chi connectivity index (χ0v) is 8.49. The summed E-state index contributed by atoms with van der Waals surface area (Å²) >= 11 is 0. The molecule has 1 aromatic rings. The molecule has 0 heterocycles. The standard InChI is InChI=1S/C8H9BF3N4/c1-5-7(9(10,11)12)2-6(4-13)3-8(5)15-16-14/h2-3H,4,13H2,1H3/q-1. The second-order valence-electron chi connectivity index (χ2n) is 3.30. The van der Waals surface area contributed by atoms with Gasteiger partial charge in [0.15, 0.2) is 0 Å². The lowest BCUT2D eigenvalue weighted by Crippen LogP contribution is -2.36. The van der Waals surface area contributed by atoms with Gasteiger partial charge in [0.2, 0.25) is 0 Å². The van der Waals surface area contributed by atoms with Crippen LogP contribution in [0, 0.1) is 6.92 Å². The van der Waals surface area contributed by atoms with Gasteiger partial charge >= 0.3 is 6.98 Å². The lowest BCUT2D eigenvalue weighted by atomic mass is 9.76. The Morgan fingerprint density at radius 2 is 2.06 bits per heavy atom. The Labute approximate surface area is 89.9 Å². The van der Waals surface area contributed by atoms with Gasteiger partial charge in [-0.1, -0.05) is 16.7 Å². The molecule has 0 bridgehead atoms. The first-order chi connectivity index (χ1) is 7.40. The molecule has 16 heavy (non-hydrogen) atoms. The van der Waals surface area contributed by atoms with Crippen LogP contribution in [0.1, 0.15) is 11.1 Å². The minimum absolute atomic E-state index is 0.0281. The smallest absolute Gasteiger partial charge is 0.445 e. The molecule has 86 valence electrons. The molecule has 1 aromatic carbocycles. The van der Waals surface area contributed by atoms with Crippen LogP contribution in [-0.4, -0.2) is 6.98 Å². The van der Waals surface area contributed by atoms with Crippen molar-refractivity contribution in [2.45, 2.75) is 13.5 Å². The highest BCUT2D eigenvalue weighted by Crippen LogP contribution is 2.23. The highest BCUT2D eigenvalue weighted by atomic mass is 19.4. The first-order valence-corrected chi connectivity index (χ1v) is 4.48. The Hall–Kier alpha value is -1.66. The van der Waals surface area contributed by atoms with Crippen molar-refractivity contribution in [1.29, 1.82) is 0 Å². The van der Waals surface area contributed by atoms with Gasteiger partial charge < -0.3 is 18.7 Å². The van der Waals surface area contributed by atoms with E-state index in [9.17, 15) is 12.9 Å². The van der Waals surface area contributed by atoms with Crippen LogP contribution in [0.25, 0.3) is 10.4 Å². The highest BCUT2D eigenvalue weighted by Gasteiger charge is 2.28. The summed E-state index contributed by atoms with van der Waals surface area (Å²) in [6.07, 6.45) is 0. The summed E-state index contributed by atoms with van der Waals surface area (Å²) in [6.45, 7) is -3.89. The monoisotopic (exact) mass is 229 g/mol. The molecular weight excluding hydrogens is 220 g/mol. The van der Waals surface area contributed by atoms with Crippen LogP contribution in [0.15, 0.2) is 17.2 Å². The molecule has 0 saturated carbocycles. The van der Waals surface area contributed by atoms with E-state index in [1.54, 1.807) is 0 Å². The van der Waals surface area contributed by atoms with Crippen LogP contribution < -0.4 is 11.2 Å². The third-order valence-electron chi connectivity index (χ3n) is 2.22. The van der Waals surface area contributed by atoms with Crippen molar-refractivity contribution in [2.75, 3.05) is 0 Å². The molecule has 0 saturated heterocycles. The maximum absolute atomic E-state index is 12.7. The SMILES string of the molecule is Cc1c(N=[N+]=[N-])cc(CN)cc1[B-](F)(F)F. The van der Waals surface area contributed by atoms with E-state index in [1.807, 2.05) is 0 Å². The molecule has 0 spiro atoms. The number of azide groups is 1. The van der Waals surface area contributed by atoms with Gasteiger partial charge in [-0.2, -0.15) is 0 Å². The van der Waals surface area contributed by atoms with Crippen LogP contribution in [0.2, 0.25) is 0 Å². The lowest BCUT2D eigenvalue weighted by molar-refractivity contribution is 0.500. The van der Waals surface area contributed by atoms with E-state index in [1.165, 1.54) is 13.0 Å². The van der Waals surface area contributed by atoms with Crippen LogP contribution >= 0.6 is 0 Å². The zero-order valence-electron chi connectivity index (χ0n) is 8.49. The maximum Gasteiger partial charge on any atom is 0.509 e. The van der Waals surface area contributed by atoms with Gasteiger partial charge in [0, 0.05) is 17.1 Å². The van der Waals surface area contributed by atoms with Gasteiger partial charge in [0.05, 0.1) is 0 Å². The van der Waals surface area contributed by atoms with Crippen LogP contribution in [0.4, 0.5) is 18.6 Å². The van der Waals surface area contributed by atoms with Gasteiger partial charge in [-0.3, -0.25) is 0 Å². The van der Waals surface area contributed by atoms with Gasteiger partial charge in [0.1, 0.15) is 0 Å². The average Bonchev–Trinajstić information content (AvgIpc) is 2.19. The first kappa shape index (κ1) is 12.4. The van der Waals surface area contributed by atoms with Crippen LogP contribution in [-0.2, 0) is 6.54 Å². The third-order valence-corrected chi connectivity index (χ3v) is 2.22. The highest BCUT2D eigenvalue weighted by molar-refractivity contribution is 6.74. The fourth-order valence-corrected chi connectivity index (χ4v) is 1.39. The Kier molecular flexibility index (Phi) is 3.46. The normalized spacial score (nSPS) is 11.1. The van der Waals surface area contributed by atoms with Gasteiger partial charge in [0.25, 0.3) is 0 Å². The molecular formula is C8H9BF3N4-. The van der Waals surface area contributed by atoms with Gasteiger partial charge in [-0.25, -0.2) is 0 Å². The van der Waals surface area contributed by atoms with E-state index < -0.39 is 12.4 Å². The molecule has 0 unspecified atom stereocenters. The number of nitrogens with two attached hydrogens (primary N) is 1. The van der Waals surface area contributed by atoms with E-state index in [-0.39, 0.29) is 17.8 Å². The zero-order chi connectivity index (χ0) is 12.3. The maximum atomic E-state index is 12.7. The van der Waals surface area contributed by atoms with Crippen molar-refractivity contribution in [3.63, 3.8) is 0 Å². The van der Waals surface area contributed by atoms with E-state index in [4.69, 9.17) is 11.3 Å². The van der Waals surface area contributed by atoms with Crippen molar-refractivity contribution in [1.82, 2.24) is 0 Å². The average molecular weight is 229 g/mol. The Bertz CT molecular complexity index is 451. The molecule has 0 amide bonds. The predicted octanol–water partition coefficient (Wildman–Crippen LogP) is 2.45. The summed E-state index contributed by atoms with van der Waals surface area (Å²) < 4.78 is 38.0. The predicted molar refractivity (Wildman–Crippen MR) is 56.6 cm³/mol. The molecule has 2 N–H and O–H groups in total. The van der Waals surface area contributed by atoms with Crippen molar-refractivity contribution in [3.8, 4) is 0 Å². The molecule has 0 aliphatic carbocycles. The molecule has 0 atom stereocenters. The number of rotatable bonds is 3. The van der Waals surface area contributed by atoms with Crippen LogP contribution in [0.5, 0.6) is 0 Å². The summed E-state index contributed by atoms with van der Waals surface area (Å²) in [5, 5.41) is 3.22. The quantitative estimate of drug-likeness (QED) is 0.367. The number of benzene rings is 1. The summed E-state index contributed by atoms with van der Waals surface area (Å²) in [5.74, 6) is 0. The minimum atomic E-state index is -5.13. The molecule has 4 nitrogen and oxygen atoms in total. The second-order valence-corrected chi connectivity index (χ2v) is 3.30. The van der Waals surface area contributed by atoms with Gasteiger partial charge in [-0.05, 0) is 24.1 Å². The molecule has 0 aromatic heterocycles. The molecule has 0 fully saturated rings. The van der Waals surface area contributed by atoms with Crippen molar-refractivity contribution < 1.29 is 12.9 Å². The number of hydrogen-bond donors (Lipinski definition) is 1. The number of hydrogen-bond acceptors (Lipinski definition) is 2. The van der Waals surface area contributed by atoms with Crippen LogP contribution in [0.3, 0.4) is 0 Å². The summed E-state index contributed by atoms with van der Waals surface area (Å²) in [7, 11) is 0. The molecule has 8 heteroatoms. The molecule has 0 aliphatic heterocycles. The van der Waals surface area contributed by atoms with E-state index >= 15 is 0 Å². The van der Waals surface area contributed by atoms with Gasteiger partial charge in [-0.15, -0.1) is 5.46 Å².